The first-order valence-electron chi connectivity index (χ1n) is 11.6. The van der Waals surface area contributed by atoms with Crippen LogP contribution in [0.25, 0.3) is 0 Å². The van der Waals surface area contributed by atoms with Crippen molar-refractivity contribution in [2.75, 3.05) is 52.7 Å². The molecule has 0 aromatic heterocycles. The number of phenolic OH excluding ortho intramolecular Hbond substituents is 2. The van der Waals surface area contributed by atoms with Gasteiger partial charge < -0.3 is 44.2 Å². The molecule has 217 valence electrons. The summed E-state index contributed by atoms with van der Waals surface area (Å²) in [5.74, 6) is -1.08. The van der Waals surface area contributed by atoms with Gasteiger partial charge in [0, 0.05) is 53.2 Å². The third kappa shape index (κ3) is 18.6. The second kappa shape index (κ2) is 24.2. The van der Waals surface area contributed by atoms with Crippen molar-refractivity contribution in [1.29, 1.82) is 0 Å². The smallest absolute Gasteiger partial charge is 0.550 e. The number of aliphatic imine (C=N–C) groups is 2. The number of rotatable bonds is 0. The van der Waals surface area contributed by atoms with Crippen molar-refractivity contribution in [1.82, 2.24) is 0 Å². The molecule has 1 heterocycles. The Morgan fingerprint density at radius 2 is 1.07 bits per heavy atom. The van der Waals surface area contributed by atoms with Gasteiger partial charge in [0.05, 0.1) is 39.5 Å². The summed E-state index contributed by atoms with van der Waals surface area (Å²) in [5.41, 5.74) is 1.13. The largest absolute Gasteiger partial charge is 1.00 e. The number of nitrogens with zero attached hydrogens (tertiary/aromatic N) is 2. The van der Waals surface area contributed by atoms with E-state index >= 15 is 0 Å². The first-order valence-corrected chi connectivity index (χ1v) is 11.6. The van der Waals surface area contributed by atoms with E-state index in [-0.39, 0.29) is 57.8 Å². The van der Waals surface area contributed by atoms with E-state index in [2.05, 4.69) is 9.98 Å². The van der Waals surface area contributed by atoms with Crippen LogP contribution >= 0.6 is 0 Å². The zero-order valence-electron chi connectivity index (χ0n) is 22.7. The number of aromatic hydroxyl groups is 2. The fourth-order valence-corrected chi connectivity index (χ4v) is 2.70. The van der Waals surface area contributed by atoms with Crippen LogP contribution in [0.15, 0.2) is 46.4 Å². The van der Waals surface area contributed by atoms with Crippen LogP contribution < -0.4 is 44.1 Å². The predicted molar refractivity (Wildman–Crippen MR) is 138 cm³/mol. The van der Waals surface area contributed by atoms with Crippen LogP contribution in [0.2, 0.25) is 0 Å². The molecule has 3 N–H and O–H groups in total. The molecule has 0 unspecified atom stereocenters. The summed E-state index contributed by atoms with van der Waals surface area (Å²) < 4.78 is 22.1. The number of hydrogen-bond acceptors (Lipinski definition) is 11. The second-order valence-electron chi connectivity index (χ2n) is 7.39. The molecule has 0 spiro atoms. The Morgan fingerprint density at radius 3 is 1.43 bits per heavy atom. The van der Waals surface area contributed by atoms with Crippen LogP contribution in [0.4, 0.5) is 0 Å². The van der Waals surface area contributed by atoms with Gasteiger partial charge in [-0.1, -0.05) is 12.1 Å². The van der Waals surface area contributed by atoms with Gasteiger partial charge in [-0.15, -0.1) is 0 Å². The number of phenols is 2. The minimum atomic E-state index is -1.08. The monoisotopic (exact) mass is 615 g/mol. The Kier molecular flexibility index (Phi) is 23.9. The van der Waals surface area contributed by atoms with Crippen molar-refractivity contribution in [3.8, 4) is 23.0 Å². The van der Waals surface area contributed by atoms with Crippen LogP contribution in [-0.2, 0) is 35.8 Å². The fraction of sp³-hybridized carbons (Fsp3) is 0.385. The number of carbonyl (C=O) groups excluding carboxylic acids is 1. The van der Waals surface area contributed by atoms with Gasteiger partial charge in [-0.3, -0.25) is 14.8 Å². The number of aliphatic carboxylic acids is 2. The molecular weight excluding hydrogens is 582 g/mol. The maximum atomic E-state index is 10.3. The summed E-state index contributed by atoms with van der Waals surface area (Å²) in [6, 6.07) is 10.5. The topological polar surface area (TPSA) is 180 Å². The van der Waals surface area contributed by atoms with Gasteiger partial charge >= 0.3 is 29.6 Å². The zero-order valence-corrected chi connectivity index (χ0v) is 25.7. The first kappa shape index (κ1) is 39.5. The van der Waals surface area contributed by atoms with Crippen LogP contribution in [0.1, 0.15) is 25.0 Å². The molecule has 2 aromatic carbocycles. The summed E-state index contributed by atoms with van der Waals surface area (Å²) >= 11 is 0. The van der Waals surface area contributed by atoms with Gasteiger partial charge in [0.1, 0.15) is 13.2 Å². The summed E-state index contributed by atoms with van der Waals surface area (Å²) in [4.78, 5) is 26.5. The molecule has 40 heavy (non-hydrogen) atoms. The molecule has 1 radical (unpaired) electrons. The van der Waals surface area contributed by atoms with Crippen molar-refractivity contribution >= 4 is 24.4 Å². The summed E-state index contributed by atoms with van der Waals surface area (Å²) in [6.45, 7) is 5.11. The summed E-state index contributed by atoms with van der Waals surface area (Å²) in [7, 11) is 0. The Morgan fingerprint density at radius 1 is 0.750 bits per heavy atom. The quantitative estimate of drug-likeness (QED) is 0.289. The summed E-state index contributed by atoms with van der Waals surface area (Å²) in [6.07, 6.45) is 3.17. The van der Waals surface area contributed by atoms with Crippen LogP contribution in [0.5, 0.6) is 23.0 Å². The SMILES string of the molecule is CC(=O)O.CC(=O)[O-].Oc1c2cccc1OCCOCCOCCOc1cccc(c1O)C=NCCN=C2.[Co].[Na+]. The summed E-state index contributed by atoms with van der Waals surface area (Å²) in [5, 5.41) is 37.0. The Bertz CT molecular complexity index is 978. The van der Waals surface area contributed by atoms with Gasteiger partial charge in [-0.25, -0.2) is 0 Å². The molecule has 0 amide bonds. The molecule has 0 saturated heterocycles. The van der Waals surface area contributed by atoms with Crippen molar-refractivity contribution in [3.05, 3.63) is 47.5 Å². The normalized spacial score (nSPS) is 13.7. The number of para-hydroxylation sites is 2. The molecule has 0 atom stereocenters. The number of benzene rings is 2. The van der Waals surface area contributed by atoms with Crippen LogP contribution in [-0.4, -0.2) is 92.4 Å². The average molecular weight is 615 g/mol. The van der Waals surface area contributed by atoms with Gasteiger partial charge in [0.15, 0.2) is 23.0 Å². The van der Waals surface area contributed by atoms with Crippen molar-refractivity contribution in [2.24, 2.45) is 9.98 Å². The maximum absolute atomic E-state index is 10.3. The Labute approximate surface area is 265 Å². The van der Waals surface area contributed by atoms with E-state index in [4.69, 9.17) is 38.7 Å². The van der Waals surface area contributed by atoms with Crippen molar-refractivity contribution in [3.63, 3.8) is 0 Å². The fourth-order valence-electron chi connectivity index (χ4n) is 2.70. The maximum Gasteiger partial charge on any atom is 1.00 e. The minimum Gasteiger partial charge on any atom is -0.550 e. The van der Waals surface area contributed by atoms with E-state index in [0.717, 1.165) is 13.8 Å². The van der Waals surface area contributed by atoms with E-state index in [1.165, 1.54) is 0 Å². The Balaban J connectivity index is 0. The number of fused-ring (bicyclic) bond motifs is 4. The van der Waals surface area contributed by atoms with E-state index in [1.54, 1.807) is 48.8 Å². The number of carboxylic acid groups (broad SMARTS) is 2. The third-order valence-electron chi connectivity index (χ3n) is 4.22. The molecule has 0 saturated carbocycles. The number of carbonyl (C=O) groups is 2. The van der Waals surface area contributed by atoms with Gasteiger partial charge in [-0.2, -0.15) is 0 Å². The molecule has 2 aromatic rings. The van der Waals surface area contributed by atoms with E-state index in [1.807, 2.05) is 0 Å². The molecule has 4 bridgehead atoms. The molecule has 0 fully saturated rings. The standard InChI is InChI=1S/C22H26N2O6.2C2H4O2.Co.Na/c25-21-17-3-1-5-19(21)29-13-11-27-9-10-28-12-14-30-20-6-2-4-18(22(20)26)16-24-8-7-23-15-17;2*1-2(3)4;;/h1-6,15-16,25-26H,7-14H2;2*1H3,(H,3,4);;/q;;;;+1/p-1. The van der Waals surface area contributed by atoms with Gasteiger partial charge in [-0.05, 0) is 31.2 Å². The minimum absolute atomic E-state index is 0. The number of ether oxygens (including phenoxy) is 4. The molecule has 12 nitrogen and oxygen atoms in total. The van der Waals surface area contributed by atoms with Gasteiger partial charge in [0.2, 0.25) is 0 Å². The van der Waals surface area contributed by atoms with Crippen molar-refractivity contribution < 1.29 is 95.3 Å². The third-order valence-corrected chi connectivity index (χ3v) is 4.22. The molecule has 0 aliphatic carbocycles. The van der Waals surface area contributed by atoms with Crippen LogP contribution in [0, 0.1) is 0 Å². The van der Waals surface area contributed by atoms with E-state index in [0.29, 0.717) is 75.4 Å². The van der Waals surface area contributed by atoms with Gasteiger partial charge in [0.25, 0.3) is 5.97 Å². The van der Waals surface area contributed by atoms with E-state index < -0.39 is 11.9 Å². The Hall–Kier alpha value is -2.65. The number of hydrogen-bond donors (Lipinski definition) is 3. The van der Waals surface area contributed by atoms with Crippen molar-refractivity contribution in [2.45, 2.75) is 13.8 Å². The zero-order chi connectivity index (χ0) is 28.2. The van der Waals surface area contributed by atoms with Crippen LogP contribution in [0.3, 0.4) is 0 Å². The average Bonchev–Trinajstić information content (AvgIpc) is 2.84. The predicted octanol–water partition coefficient (Wildman–Crippen LogP) is -1.71. The number of carboxylic acids is 2. The van der Waals surface area contributed by atoms with E-state index in [9.17, 15) is 10.2 Å². The molecular formula is C26H33CoN2NaO10. The molecule has 14 heteroatoms. The second-order valence-corrected chi connectivity index (χ2v) is 7.39. The molecule has 3 rings (SSSR count). The first-order chi connectivity index (χ1) is 18.2. The molecule has 1 aliphatic heterocycles. The molecule has 1 aliphatic rings.